The summed E-state index contributed by atoms with van der Waals surface area (Å²) in [7, 11) is 6.14. The molecule has 0 radical (unpaired) electrons. The summed E-state index contributed by atoms with van der Waals surface area (Å²) in [5.41, 5.74) is 1.21. The fourth-order valence-electron chi connectivity index (χ4n) is 2.36. The molecular weight excluding hydrogens is 250 g/mol. The standard InChI is InChI=1S/C15H29N5/c1-7-20(10-8-9-19(5)6)15-13(12(2)3)14(16-4)17-11-18-15/h11-12H,7-10H2,1-6H3,(H,16,17,18). The predicted molar refractivity (Wildman–Crippen MR) is 86.7 cm³/mol. The molecule has 20 heavy (non-hydrogen) atoms. The van der Waals surface area contributed by atoms with Gasteiger partial charge in [-0.3, -0.25) is 0 Å². The van der Waals surface area contributed by atoms with E-state index in [4.69, 9.17) is 0 Å². The summed E-state index contributed by atoms with van der Waals surface area (Å²) in [5.74, 6) is 2.41. The summed E-state index contributed by atoms with van der Waals surface area (Å²) in [6, 6.07) is 0. The third-order valence-electron chi connectivity index (χ3n) is 3.39. The van der Waals surface area contributed by atoms with Gasteiger partial charge in [-0.1, -0.05) is 13.8 Å². The van der Waals surface area contributed by atoms with Crippen LogP contribution in [-0.4, -0.2) is 55.6 Å². The van der Waals surface area contributed by atoms with Crippen LogP contribution in [0.25, 0.3) is 0 Å². The zero-order valence-corrected chi connectivity index (χ0v) is 13.8. The average Bonchev–Trinajstić information content (AvgIpc) is 2.42. The summed E-state index contributed by atoms with van der Waals surface area (Å²) in [4.78, 5) is 13.5. The normalized spacial score (nSPS) is 11.2. The summed E-state index contributed by atoms with van der Waals surface area (Å²) >= 11 is 0. The molecule has 1 aromatic heterocycles. The van der Waals surface area contributed by atoms with Crippen LogP contribution < -0.4 is 10.2 Å². The Morgan fingerprint density at radius 3 is 2.40 bits per heavy atom. The van der Waals surface area contributed by atoms with Crippen LogP contribution in [-0.2, 0) is 0 Å². The molecule has 0 aromatic carbocycles. The van der Waals surface area contributed by atoms with Gasteiger partial charge in [0.15, 0.2) is 0 Å². The lowest BCUT2D eigenvalue weighted by atomic mass is 10.0. The molecule has 0 unspecified atom stereocenters. The Morgan fingerprint density at radius 1 is 1.20 bits per heavy atom. The van der Waals surface area contributed by atoms with Crippen molar-refractivity contribution in [3.8, 4) is 0 Å². The van der Waals surface area contributed by atoms with Crippen LogP contribution >= 0.6 is 0 Å². The maximum absolute atomic E-state index is 4.54. The number of nitrogens with one attached hydrogen (secondary N) is 1. The summed E-state index contributed by atoms with van der Waals surface area (Å²) in [5, 5.41) is 3.18. The number of aromatic nitrogens is 2. The van der Waals surface area contributed by atoms with E-state index in [9.17, 15) is 0 Å². The largest absolute Gasteiger partial charge is 0.373 e. The Labute approximate surface area is 123 Å². The van der Waals surface area contributed by atoms with E-state index in [0.29, 0.717) is 5.92 Å². The lowest BCUT2D eigenvalue weighted by Gasteiger charge is -2.27. The minimum atomic E-state index is 0.400. The van der Waals surface area contributed by atoms with Gasteiger partial charge in [-0.15, -0.1) is 0 Å². The first-order chi connectivity index (χ1) is 9.51. The van der Waals surface area contributed by atoms with Gasteiger partial charge in [-0.25, -0.2) is 9.97 Å². The van der Waals surface area contributed by atoms with Gasteiger partial charge in [-0.05, 0) is 39.9 Å². The molecule has 1 aromatic rings. The van der Waals surface area contributed by atoms with Gasteiger partial charge >= 0.3 is 0 Å². The molecule has 114 valence electrons. The Bertz CT molecular complexity index is 403. The van der Waals surface area contributed by atoms with Gasteiger partial charge in [0.2, 0.25) is 0 Å². The summed E-state index contributed by atoms with van der Waals surface area (Å²) < 4.78 is 0. The molecule has 0 atom stereocenters. The first-order valence-electron chi connectivity index (χ1n) is 7.43. The van der Waals surface area contributed by atoms with Crippen LogP contribution in [0.1, 0.15) is 38.7 Å². The van der Waals surface area contributed by atoms with Crippen molar-refractivity contribution in [1.82, 2.24) is 14.9 Å². The molecule has 0 saturated heterocycles. The topological polar surface area (TPSA) is 44.3 Å². The first kappa shape index (κ1) is 16.7. The highest BCUT2D eigenvalue weighted by Gasteiger charge is 2.18. The van der Waals surface area contributed by atoms with Crippen LogP contribution in [0.2, 0.25) is 0 Å². The lowest BCUT2D eigenvalue weighted by Crippen LogP contribution is -2.29. The number of nitrogens with zero attached hydrogens (tertiary/aromatic N) is 4. The molecular formula is C15H29N5. The zero-order chi connectivity index (χ0) is 15.1. The molecule has 5 heteroatoms. The smallest absolute Gasteiger partial charge is 0.137 e. The highest BCUT2D eigenvalue weighted by Crippen LogP contribution is 2.30. The van der Waals surface area contributed by atoms with E-state index < -0.39 is 0 Å². The van der Waals surface area contributed by atoms with Crippen molar-refractivity contribution >= 4 is 11.6 Å². The minimum absolute atomic E-state index is 0.400. The van der Waals surface area contributed by atoms with Crippen molar-refractivity contribution < 1.29 is 0 Å². The predicted octanol–water partition coefficient (Wildman–Crippen LogP) is 2.42. The van der Waals surface area contributed by atoms with Crippen LogP contribution in [0, 0.1) is 0 Å². The van der Waals surface area contributed by atoms with Crippen molar-refractivity contribution in [3.63, 3.8) is 0 Å². The van der Waals surface area contributed by atoms with Crippen molar-refractivity contribution in [2.24, 2.45) is 0 Å². The van der Waals surface area contributed by atoms with E-state index in [1.807, 2.05) is 7.05 Å². The lowest BCUT2D eigenvalue weighted by molar-refractivity contribution is 0.400. The van der Waals surface area contributed by atoms with Crippen LogP contribution in [0.5, 0.6) is 0 Å². The highest BCUT2D eigenvalue weighted by atomic mass is 15.2. The SMILES string of the molecule is CCN(CCCN(C)C)c1ncnc(NC)c1C(C)C. The molecule has 1 heterocycles. The van der Waals surface area contributed by atoms with Crippen LogP contribution in [0.15, 0.2) is 6.33 Å². The van der Waals surface area contributed by atoms with E-state index in [0.717, 1.165) is 37.7 Å². The van der Waals surface area contributed by atoms with Gasteiger partial charge in [0, 0.05) is 25.7 Å². The maximum Gasteiger partial charge on any atom is 0.137 e. The fraction of sp³-hybridized carbons (Fsp3) is 0.733. The van der Waals surface area contributed by atoms with E-state index in [-0.39, 0.29) is 0 Å². The van der Waals surface area contributed by atoms with Crippen molar-refractivity contribution in [2.45, 2.75) is 33.1 Å². The molecule has 1 N–H and O–H groups in total. The summed E-state index contributed by atoms with van der Waals surface area (Å²) in [6.45, 7) is 9.65. The van der Waals surface area contributed by atoms with E-state index in [1.54, 1.807) is 6.33 Å². The molecule has 1 rings (SSSR count). The van der Waals surface area contributed by atoms with Gasteiger partial charge < -0.3 is 15.1 Å². The van der Waals surface area contributed by atoms with Crippen LogP contribution in [0.3, 0.4) is 0 Å². The fourth-order valence-corrected chi connectivity index (χ4v) is 2.36. The van der Waals surface area contributed by atoms with Crippen molar-refractivity contribution in [3.05, 3.63) is 11.9 Å². The molecule has 0 aliphatic carbocycles. The van der Waals surface area contributed by atoms with E-state index in [1.165, 1.54) is 5.56 Å². The number of hydrogen-bond acceptors (Lipinski definition) is 5. The first-order valence-corrected chi connectivity index (χ1v) is 7.43. The zero-order valence-electron chi connectivity index (χ0n) is 13.8. The van der Waals surface area contributed by atoms with Gasteiger partial charge in [-0.2, -0.15) is 0 Å². The molecule has 0 saturated carbocycles. The van der Waals surface area contributed by atoms with Gasteiger partial charge in [0.05, 0.1) is 0 Å². The quantitative estimate of drug-likeness (QED) is 0.792. The van der Waals surface area contributed by atoms with Crippen LogP contribution in [0.4, 0.5) is 11.6 Å². The monoisotopic (exact) mass is 279 g/mol. The molecule has 0 amide bonds. The molecule has 5 nitrogen and oxygen atoms in total. The van der Waals surface area contributed by atoms with Gasteiger partial charge in [0.25, 0.3) is 0 Å². The summed E-state index contributed by atoms with van der Waals surface area (Å²) in [6.07, 6.45) is 2.79. The third-order valence-corrected chi connectivity index (χ3v) is 3.39. The molecule has 0 aliphatic rings. The molecule has 0 spiro atoms. The van der Waals surface area contributed by atoms with E-state index in [2.05, 4.69) is 60.0 Å². The van der Waals surface area contributed by atoms with E-state index >= 15 is 0 Å². The maximum atomic E-state index is 4.54. The highest BCUT2D eigenvalue weighted by molar-refractivity contribution is 5.60. The second kappa shape index (κ2) is 8.04. The second-order valence-corrected chi connectivity index (χ2v) is 5.60. The minimum Gasteiger partial charge on any atom is -0.373 e. The van der Waals surface area contributed by atoms with Crippen molar-refractivity contribution in [2.75, 3.05) is 51.0 Å². The Hall–Kier alpha value is -1.36. The van der Waals surface area contributed by atoms with Crippen molar-refractivity contribution in [1.29, 1.82) is 0 Å². The molecule has 0 fully saturated rings. The molecule has 0 bridgehead atoms. The third kappa shape index (κ3) is 4.34. The Morgan fingerprint density at radius 2 is 1.90 bits per heavy atom. The Balaban J connectivity index is 2.96. The molecule has 0 aliphatic heterocycles. The number of rotatable bonds is 8. The van der Waals surface area contributed by atoms with Gasteiger partial charge in [0.1, 0.15) is 18.0 Å². The second-order valence-electron chi connectivity index (χ2n) is 5.60. The number of anilines is 2. The average molecular weight is 279 g/mol. The number of hydrogen-bond donors (Lipinski definition) is 1. The Kier molecular flexibility index (Phi) is 6.71.